The number of carboxylic acid groups (broad SMARTS) is 2. The summed E-state index contributed by atoms with van der Waals surface area (Å²) >= 11 is 0. The van der Waals surface area contributed by atoms with E-state index in [4.69, 9.17) is 15.9 Å². The van der Waals surface area contributed by atoms with Crippen LogP contribution in [0.3, 0.4) is 0 Å². The highest BCUT2D eigenvalue weighted by molar-refractivity contribution is 5.93. The molecule has 0 saturated carbocycles. The molecule has 0 bridgehead atoms. The molecular formula is C21H30N4O7. The van der Waals surface area contributed by atoms with Gasteiger partial charge in [0.25, 0.3) is 0 Å². The Bertz CT molecular complexity index is 816. The van der Waals surface area contributed by atoms with Crippen molar-refractivity contribution >= 4 is 29.7 Å². The van der Waals surface area contributed by atoms with Crippen molar-refractivity contribution in [3.8, 4) is 0 Å². The van der Waals surface area contributed by atoms with Crippen molar-refractivity contribution < 1.29 is 34.2 Å². The van der Waals surface area contributed by atoms with Crippen molar-refractivity contribution in [1.29, 1.82) is 0 Å². The Balaban J connectivity index is 2.69. The standard InChI is InChI=1S/C21H30N4O7/c1-3-12(2)18(25-19(29)14(22)9-13-7-5-4-6-8-13)20(30)23-11-16(26)24-15(21(31)32)10-17(27)28/h4-8,12,14-15,18H,3,9-11,22H2,1-2H3,(H,23,30)(H,24,26)(H,25,29)(H,27,28)(H,31,32). The number of nitrogens with two attached hydrogens (primary N) is 1. The molecule has 1 aromatic carbocycles. The summed E-state index contributed by atoms with van der Waals surface area (Å²) in [4.78, 5) is 58.8. The van der Waals surface area contributed by atoms with Gasteiger partial charge >= 0.3 is 11.9 Å². The molecule has 1 aromatic rings. The third kappa shape index (κ3) is 9.13. The molecule has 0 aliphatic heterocycles. The first kappa shape index (κ1) is 26.6. The summed E-state index contributed by atoms with van der Waals surface area (Å²) in [7, 11) is 0. The molecule has 0 fully saturated rings. The number of rotatable bonds is 13. The fourth-order valence-electron chi connectivity index (χ4n) is 2.82. The van der Waals surface area contributed by atoms with Gasteiger partial charge in [-0.1, -0.05) is 50.6 Å². The van der Waals surface area contributed by atoms with E-state index in [-0.39, 0.29) is 12.3 Å². The number of carbonyl (C=O) groups excluding carboxylic acids is 3. The molecule has 0 heterocycles. The van der Waals surface area contributed by atoms with Crippen molar-refractivity contribution in [1.82, 2.24) is 16.0 Å². The lowest BCUT2D eigenvalue weighted by Crippen LogP contribution is -2.56. The van der Waals surface area contributed by atoms with E-state index in [0.717, 1.165) is 5.56 Å². The highest BCUT2D eigenvalue weighted by atomic mass is 16.4. The number of amides is 3. The Morgan fingerprint density at radius 2 is 1.62 bits per heavy atom. The quantitative estimate of drug-likeness (QED) is 0.226. The number of benzene rings is 1. The van der Waals surface area contributed by atoms with Gasteiger partial charge in [-0.3, -0.25) is 19.2 Å². The molecule has 32 heavy (non-hydrogen) atoms. The monoisotopic (exact) mass is 450 g/mol. The van der Waals surface area contributed by atoms with Gasteiger partial charge in [0, 0.05) is 0 Å². The second kappa shape index (κ2) is 13.1. The van der Waals surface area contributed by atoms with E-state index in [1.165, 1.54) is 0 Å². The van der Waals surface area contributed by atoms with E-state index < -0.39 is 60.8 Å². The van der Waals surface area contributed by atoms with Gasteiger partial charge in [-0.15, -0.1) is 0 Å². The molecule has 11 nitrogen and oxygen atoms in total. The number of carboxylic acids is 2. The minimum Gasteiger partial charge on any atom is -0.481 e. The van der Waals surface area contributed by atoms with Gasteiger partial charge in [-0.05, 0) is 17.9 Å². The maximum Gasteiger partial charge on any atom is 0.326 e. The van der Waals surface area contributed by atoms with Gasteiger partial charge < -0.3 is 31.9 Å². The summed E-state index contributed by atoms with van der Waals surface area (Å²) in [5.41, 5.74) is 6.84. The van der Waals surface area contributed by atoms with E-state index in [0.29, 0.717) is 6.42 Å². The van der Waals surface area contributed by atoms with Crippen LogP contribution in [0.5, 0.6) is 0 Å². The molecule has 0 saturated heterocycles. The van der Waals surface area contributed by atoms with Gasteiger partial charge in [0.05, 0.1) is 19.0 Å². The van der Waals surface area contributed by atoms with Crippen LogP contribution in [0.2, 0.25) is 0 Å². The van der Waals surface area contributed by atoms with E-state index in [1.54, 1.807) is 6.92 Å². The molecule has 4 atom stereocenters. The number of carbonyl (C=O) groups is 5. The summed E-state index contributed by atoms with van der Waals surface area (Å²) in [6.45, 7) is 3.00. The maximum atomic E-state index is 12.6. The maximum absolute atomic E-state index is 12.6. The molecule has 0 aliphatic carbocycles. The fourth-order valence-corrected chi connectivity index (χ4v) is 2.82. The lowest BCUT2D eigenvalue weighted by Gasteiger charge is -2.25. The summed E-state index contributed by atoms with van der Waals surface area (Å²) in [6.07, 6.45) is 0.0299. The van der Waals surface area contributed by atoms with Crippen LogP contribution in [-0.4, -0.2) is 64.5 Å². The summed E-state index contributed by atoms with van der Waals surface area (Å²) < 4.78 is 0. The second-order valence-electron chi connectivity index (χ2n) is 7.44. The third-order valence-electron chi connectivity index (χ3n) is 4.86. The van der Waals surface area contributed by atoms with Crippen LogP contribution in [-0.2, 0) is 30.4 Å². The first-order valence-corrected chi connectivity index (χ1v) is 10.2. The van der Waals surface area contributed by atoms with Gasteiger partial charge in [0.15, 0.2) is 0 Å². The Morgan fingerprint density at radius 3 is 2.16 bits per heavy atom. The largest absolute Gasteiger partial charge is 0.481 e. The number of nitrogens with one attached hydrogen (secondary N) is 3. The van der Waals surface area contributed by atoms with Crippen molar-refractivity contribution in [2.24, 2.45) is 11.7 Å². The van der Waals surface area contributed by atoms with Crippen LogP contribution >= 0.6 is 0 Å². The van der Waals surface area contributed by atoms with Crippen LogP contribution in [0.25, 0.3) is 0 Å². The zero-order valence-electron chi connectivity index (χ0n) is 18.0. The molecule has 0 spiro atoms. The van der Waals surface area contributed by atoms with Crippen LogP contribution in [0.4, 0.5) is 0 Å². The van der Waals surface area contributed by atoms with Crippen molar-refractivity contribution in [2.75, 3.05) is 6.54 Å². The zero-order valence-corrected chi connectivity index (χ0v) is 18.0. The average molecular weight is 450 g/mol. The molecule has 4 unspecified atom stereocenters. The molecule has 0 radical (unpaired) electrons. The van der Waals surface area contributed by atoms with Crippen molar-refractivity contribution in [3.05, 3.63) is 35.9 Å². The molecule has 0 aliphatic rings. The van der Waals surface area contributed by atoms with Gasteiger partial charge in [0.2, 0.25) is 17.7 Å². The van der Waals surface area contributed by atoms with Crippen LogP contribution in [0.15, 0.2) is 30.3 Å². The molecule has 7 N–H and O–H groups in total. The lowest BCUT2D eigenvalue weighted by molar-refractivity contribution is -0.147. The van der Waals surface area contributed by atoms with E-state index in [2.05, 4.69) is 10.6 Å². The molecule has 0 aromatic heterocycles. The molecule has 3 amide bonds. The second-order valence-corrected chi connectivity index (χ2v) is 7.44. The van der Waals surface area contributed by atoms with Gasteiger partial charge in [-0.25, -0.2) is 4.79 Å². The first-order valence-electron chi connectivity index (χ1n) is 10.2. The highest BCUT2D eigenvalue weighted by Crippen LogP contribution is 2.09. The summed E-state index contributed by atoms with van der Waals surface area (Å²) in [5.74, 6) is -5.21. The fraction of sp³-hybridized carbons (Fsp3) is 0.476. The minimum absolute atomic E-state index is 0.273. The molecule has 11 heteroatoms. The van der Waals surface area contributed by atoms with Crippen LogP contribution in [0.1, 0.15) is 32.3 Å². The normalized spacial score (nSPS) is 14.3. The SMILES string of the molecule is CCC(C)C(NC(=O)C(N)Cc1ccccc1)C(=O)NCC(=O)NC(CC(=O)O)C(=O)O. The summed E-state index contributed by atoms with van der Waals surface area (Å²) in [5, 5.41) is 24.7. The number of aliphatic carboxylic acids is 2. The minimum atomic E-state index is -1.63. The van der Waals surface area contributed by atoms with Crippen molar-refractivity contribution in [3.63, 3.8) is 0 Å². The third-order valence-corrected chi connectivity index (χ3v) is 4.86. The van der Waals surface area contributed by atoms with Gasteiger partial charge in [-0.2, -0.15) is 0 Å². The first-order chi connectivity index (χ1) is 15.0. The van der Waals surface area contributed by atoms with Crippen LogP contribution in [0, 0.1) is 5.92 Å². The van der Waals surface area contributed by atoms with E-state index in [9.17, 15) is 24.0 Å². The van der Waals surface area contributed by atoms with Crippen molar-refractivity contribution in [2.45, 2.75) is 51.2 Å². The predicted molar refractivity (Wildman–Crippen MR) is 114 cm³/mol. The number of hydrogen-bond donors (Lipinski definition) is 6. The number of hydrogen-bond acceptors (Lipinski definition) is 6. The Morgan fingerprint density at radius 1 is 1.00 bits per heavy atom. The average Bonchev–Trinajstić information content (AvgIpc) is 2.74. The van der Waals surface area contributed by atoms with E-state index >= 15 is 0 Å². The Labute approximate surface area is 185 Å². The Hall–Kier alpha value is -3.47. The topological polar surface area (TPSA) is 188 Å². The molecule has 1 rings (SSSR count). The smallest absolute Gasteiger partial charge is 0.326 e. The van der Waals surface area contributed by atoms with Crippen LogP contribution < -0.4 is 21.7 Å². The Kier molecular flexibility index (Phi) is 10.8. The highest BCUT2D eigenvalue weighted by Gasteiger charge is 2.29. The lowest BCUT2D eigenvalue weighted by atomic mass is 9.97. The zero-order chi connectivity index (χ0) is 24.3. The van der Waals surface area contributed by atoms with E-state index in [1.807, 2.05) is 42.6 Å². The molecular weight excluding hydrogens is 420 g/mol. The molecule has 176 valence electrons. The summed E-state index contributed by atoms with van der Waals surface area (Å²) in [6, 6.07) is 5.69. The van der Waals surface area contributed by atoms with Gasteiger partial charge in [0.1, 0.15) is 12.1 Å². The predicted octanol–water partition coefficient (Wildman–Crippen LogP) is -0.752.